The van der Waals surface area contributed by atoms with E-state index < -0.39 is 5.97 Å². The van der Waals surface area contributed by atoms with Gasteiger partial charge in [-0.1, -0.05) is 13.8 Å². The van der Waals surface area contributed by atoms with Crippen molar-refractivity contribution in [2.75, 3.05) is 20.1 Å². The first-order chi connectivity index (χ1) is 6.93. The van der Waals surface area contributed by atoms with Crippen LogP contribution >= 0.6 is 0 Å². The number of amides is 2. The van der Waals surface area contributed by atoms with Crippen molar-refractivity contribution in [1.29, 1.82) is 0 Å². The summed E-state index contributed by atoms with van der Waals surface area (Å²) in [4.78, 5) is 23.2. The lowest BCUT2D eigenvalue weighted by molar-refractivity contribution is -0.137. The molecule has 0 rings (SSSR count). The van der Waals surface area contributed by atoms with Crippen LogP contribution in [0.2, 0.25) is 0 Å². The zero-order chi connectivity index (χ0) is 11.8. The maximum absolute atomic E-state index is 11.4. The summed E-state index contributed by atoms with van der Waals surface area (Å²) in [5.74, 6) is -0.403. The number of rotatable bonds is 6. The van der Waals surface area contributed by atoms with E-state index in [0.29, 0.717) is 25.4 Å². The van der Waals surface area contributed by atoms with Crippen molar-refractivity contribution in [1.82, 2.24) is 10.2 Å². The molecule has 5 heteroatoms. The van der Waals surface area contributed by atoms with Gasteiger partial charge in [-0.2, -0.15) is 0 Å². The highest BCUT2D eigenvalue weighted by Gasteiger charge is 2.08. The van der Waals surface area contributed by atoms with Crippen LogP contribution in [0.1, 0.15) is 26.7 Å². The predicted molar refractivity (Wildman–Crippen MR) is 57.7 cm³/mol. The molecule has 5 nitrogen and oxygen atoms in total. The summed E-state index contributed by atoms with van der Waals surface area (Å²) < 4.78 is 0. The average molecular weight is 216 g/mol. The van der Waals surface area contributed by atoms with Crippen LogP contribution in [-0.2, 0) is 4.79 Å². The Morgan fingerprint density at radius 3 is 2.47 bits per heavy atom. The molecule has 2 amide bonds. The van der Waals surface area contributed by atoms with Crippen LogP contribution in [0.4, 0.5) is 4.79 Å². The minimum Gasteiger partial charge on any atom is -0.481 e. The molecule has 0 radical (unpaired) electrons. The molecule has 0 heterocycles. The Balaban J connectivity index is 3.60. The molecular weight excluding hydrogens is 196 g/mol. The Morgan fingerprint density at radius 1 is 1.40 bits per heavy atom. The Hall–Kier alpha value is -1.26. The molecule has 0 saturated heterocycles. The molecule has 0 aliphatic carbocycles. The lowest BCUT2D eigenvalue weighted by atomic mass is 10.2. The minimum atomic E-state index is -0.834. The van der Waals surface area contributed by atoms with E-state index in [-0.39, 0.29) is 12.5 Å². The Morgan fingerprint density at radius 2 is 2.00 bits per heavy atom. The standard InChI is InChI=1S/C10H20N2O3/c1-8(2)7-12(3)10(15)11-6-4-5-9(13)14/h8H,4-7H2,1-3H3,(H,11,15)(H,13,14). The van der Waals surface area contributed by atoms with E-state index in [1.807, 2.05) is 13.8 Å². The third-order valence-corrected chi connectivity index (χ3v) is 1.83. The van der Waals surface area contributed by atoms with E-state index in [1.165, 1.54) is 0 Å². The van der Waals surface area contributed by atoms with Gasteiger partial charge in [-0.3, -0.25) is 4.79 Å². The number of aliphatic carboxylic acids is 1. The van der Waals surface area contributed by atoms with Gasteiger partial charge in [0.1, 0.15) is 0 Å². The number of urea groups is 1. The molecule has 15 heavy (non-hydrogen) atoms. The van der Waals surface area contributed by atoms with Gasteiger partial charge in [0, 0.05) is 26.6 Å². The fraction of sp³-hybridized carbons (Fsp3) is 0.800. The second-order valence-electron chi connectivity index (χ2n) is 4.00. The molecule has 2 N–H and O–H groups in total. The largest absolute Gasteiger partial charge is 0.481 e. The number of carbonyl (C=O) groups is 2. The monoisotopic (exact) mass is 216 g/mol. The molecule has 0 aliphatic rings. The number of carboxylic acids is 1. The number of hydrogen-bond acceptors (Lipinski definition) is 2. The molecule has 0 bridgehead atoms. The van der Waals surface area contributed by atoms with Gasteiger partial charge in [-0.05, 0) is 12.3 Å². The first kappa shape index (κ1) is 13.7. The topological polar surface area (TPSA) is 69.6 Å². The lowest BCUT2D eigenvalue weighted by Gasteiger charge is -2.19. The first-order valence-electron chi connectivity index (χ1n) is 5.14. The number of hydrogen-bond donors (Lipinski definition) is 2. The normalized spacial score (nSPS) is 10.1. The van der Waals surface area contributed by atoms with Crippen LogP contribution in [0.3, 0.4) is 0 Å². The third-order valence-electron chi connectivity index (χ3n) is 1.83. The summed E-state index contributed by atoms with van der Waals surface area (Å²) in [6.07, 6.45) is 0.560. The van der Waals surface area contributed by atoms with Crippen molar-refractivity contribution in [3.63, 3.8) is 0 Å². The predicted octanol–water partition coefficient (Wildman–Crippen LogP) is 1.15. The van der Waals surface area contributed by atoms with Crippen molar-refractivity contribution in [3.05, 3.63) is 0 Å². The van der Waals surface area contributed by atoms with Gasteiger partial charge in [0.25, 0.3) is 0 Å². The van der Waals surface area contributed by atoms with Crippen LogP contribution in [0.25, 0.3) is 0 Å². The van der Waals surface area contributed by atoms with E-state index >= 15 is 0 Å². The van der Waals surface area contributed by atoms with Crippen molar-refractivity contribution in [2.45, 2.75) is 26.7 Å². The molecule has 0 fully saturated rings. The zero-order valence-electron chi connectivity index (χ0n) is 9.62. The highest BCUT2D eigenvalue weighted by molar-refractivity contribution is 5.73. The molecule has 0 aromatic heterocycles. The fourth-order valence-electron chi connectivity index (χ4n) is 1.20. The smallest absolute Gasteiger partial charge is 0.317 e. The number of nitrogens with one attached hydrogen (secondary N) is 1. The summed E-state index contributed by atoms with van der Waals surface area (Å²) in [7, 11) is 1.73. The number of carboxylic acid groups (broad SMARTS) is 1. The summed E-state index contributed by atoms with van der Waals surface area (Å²) >= 11 is 0. The fourth-order valence-corrected chi connectivity index (χ4v) is 1.20. The Labute approximate surface area is 90.5 Å². The SMILES string of the molecule is CC(C)CN(C)C(=O)NCCCC(=O)O. The van der Waals surface area contributed by atoms with Crippen molar-refractivity contribution < 1.29 is 14.7 Å². The molecule has 0 atom stereocenters. The molecule has 0 aliphatic heterocycles. The average Bonchev–Trinajstić information content (AvgIpc) is 2.10. The van der Waals surface area contributed by atoms with Crippen molar-refractivity contribution in [3.8, 4) is 0 Å². The summed E-state index contributed by atoms with van der Waals surface area (Å²) in [6.45, 7) is 5.18. The van der Waals surface area contributed by atoms with Crippen molar-refractivity contribution in [2.24, 2.45) is 5.92 Å². The van der Waals surface area contributed by atoms with Gasteiger partial charge < -0.3 is 15.3 Å². The lowest BCUT2D eigenvalue weighted by Crippen LogP contribution is -2.39. The highest BCUT2D eigenvalue weighted by atomic mass is 16.4. The summed E-state index contributed by atoms with van der Waals surface area (Å²) in [6, 6.07) is -0.144. The maximum Gasteiger partial charge on any atom is 0.317 e. The molecule has 0 unspecified atom stereocenters. The summed E-state index contributed by atoms with van der Waals surface area (Å²) in [5.41, 5.74) is 0. The second kappa shape index (κ2) is 7.09. The van der Waals surface area contributed by atoms with E-state index in [9.17, 15) is 9.59 Å². The number of nitrogens with zero attached hydrogens (tertiary/aromatic N) is 1. The van der Waals surface area contributed by atoms with Gasteiger partial charge in [-0.15, -0.1) is 0 Å². The van der Waals surface area contributed by atoms with Gasteiger partial charge in [0.05, 0.1) is 0 Å². The van der Waals surface area contributed by atoms with Gasteiger partial charge in [0.2, 0.25) is 0 Å². The van der Waals surface area contributed by atoms with Gasteiger partial charge >= 0.3 is 12.0 Å². The van der Waals surface area contributed by atoms with Crippen LogP contribution in [0.5, 0.6) is 0 Å². The van der Waals surface area contributed by atoms with Crippen molar-refractivity contribution >= 4 is 12.0 Å². The number of carbonyl (C=O) groups excluding carboxylic acids is 1. The first-order valence-corrected chi connectivity index (χ1v) is 5.14. The van der Waals surface area contributed by atoms with E-state index in [0.717, 1.165) is 0 Å². The Kier molecular flexibility index (Phi) is 6.49. The minimum absolute atomic E-state index is 0.0914. The van der Waals surface area contributed by atoms with Gasteiger partial charge in [-0.25, -0.2) is 4.79 Å². The van der Waals surface area contributed by atoms with Crippen LogP contribution in [-0.4, -0.2) is 42.1 Å². The van der Waals surface area contributed by atoms with Crippen LogP contribution in [0.15, 0.2) is 0 Å². The zero-order valence-corrected chi connectivity index (χ0v) is 9.62. The Bertz CT molecular complexity index is 217. The molecule has 0 spiro atoms. The maximum atomic E-state index is 11.4. The van der Waals surface area contributed by atoms with Crippen LogP contribution < -0.4 is 5.32 Å². The quantitative estimate of drug-likeness (QED) is 0.654. The molecular formula is C10H20N2O3. The third kappa shape index (κ3) is 7.78. The molecule has 88 valence electrons. The van der Waals surface area contributed by atoms with E-state index in [2.05, 4.69) is 5.32 Å². The van der Waals surface area contributed by atoms with E-state index in [1.54, 1.807) is 11.9 Å². The molecule has 0 saturated carbocycles. The second-order valence-corrected chi connectivity index (χ2v) is 4.00. The molecule has 0 aromatic carbocycles. The highest BCUT2D eigenvalue weighted by Crippen LogP contribution is 1.96. The van der Waals surface area contributed by atoms with E-state index in [4.69, 9.17) is 5.11 Å². The van der Waals surface area contributed by atoms with Gasteiger partial charge in [0.15, 0.2) is 0 Å². The van der Waals surface area contributed by atoms with Crippen LogP contribution in [0, 0.1) is 5.92 Å². The summed E-state index contributed by atoms with van der Waals surface area (Å²) in [5, 5.41) is 11.1. The molecule has 0 aromatic rings.